The molecular formula is C116H107FGe2Ir2N6S2-4. The smallest absolute Gasteiger partial charge is 0 e. The van der Waals surface area contributed by atoms with Crippen LogP contribution in [0.25, 0.3) is 173 Å². The Kier molecular flexibility index (Phi) is 24.8. The largest absolute Gasteiger partial charge is 0 e. The topological polar surface area (TPSA) is 61.4 Å². The minimum absolute atomic E-state index is 0. The van der Waals surface area contributed by atoms with E-state index in [-0.39, 0.29) is 51.6 Å². The van der Waals surface area contributed by atoms with E-state index in [4.69, 9.17) is 21.8 Å². The monoisotopic (exact) mass is 2210 g/mol. The van der Waals surface area contributed by atoms with Crippen LogP contribution in [0.3, 0.4) is 0 Å². The van der Waals surface area contributed by atoms with Gasteiger partial charge in [0.2, 0.25) is 0 Å². The molecule has 0 spiro atoms. The average Bonchev–Trinajstić information content (AvgIpc) is 1.44. The first-order valence-corrected chi connectivity index (χ1v) is 60.5. The summed E-state index contributed by atoms with van der Waals surface area (Å²) < 4.78 is 66.5. The van der Waals surface area contributed by atoms with Crippen LogP contribution in [-0.2, 0) is 53.0 Å². The van der Waals surface area contributed by atoms with E-state index in [9.17, 15) is 4.39 Å². The molecule has 21 rings (SSSR count). The molecule has 0 atom stereocenters. The van der Waals surface area contributed by atoms with E-state index in [0.29, 0.717) is 34.6 Å². The molecule has 0 saturated carbocycles. The summed E-state index contributed by atoms with van der Waals surface area (Å²) in [5, 5.41) is 17.8. The minimum atomic E-state index is -2.36. The summed E-state index contributed by atoms with van der Waals surface area (Å²) in [5.41, 5.74) is 18.0. The van der Waals surface area contributed by atoms with Gasteiger partial charge in [0, 0.05) is 61.0 Å². The van der Waals surface area contributed by atoms with E-state index in [2.05, 4.69) is 309 Å². The van der Waals surface area contributed by atoms with Gasteiger partial charge < -0.3 is 9.13 Å². The van der Waals surface area contributed by atoms with Gasteiger partial charge in [0.25, 0.3) is 0 Å². The summed E-state index contributed by atoms with van der Waals surface area (Å²) in [6.45, 7) is 21.3. The van der Waals surface area contributed by atoms with Crippen LogP contribution < -0.4 is 8.79 Å². The van der Waals surface area contributed by atoms with Crippen LogP contribution >= 0.6 is 22.7 Å². The molecule has 0 aliphatic rings. The van der Waals surface area contributed by atoms with E-state index >= 15 is 0 Å². The van der Waals surface area contributed by atoms with Crippen molar-refractivity contribution in [1.29, 1.82) is 0 Å². The molecular weight excluding hydrogens is 2090 g/mol. The van der Waals surface area contributed by atoms with Gasteiger partial charge in [-0.25, -0.2) is 4.39 Å². The Labute approximate surface area is 806 Å². The minimum Gasteiger partial charge on any atom is 0 e. The first-order chi connectivity index (χ1) is 63.0. The van der Waals surface area contributed by atoms with Crippen molar-refractivity contribution in [2.45, 2.75) is 142 Å². The van der Waals surface area contributed by atoms with Crippen LogP contribution in [0.15, 0.2) is 279 Å². The van der Waals surface area contributed by atoms with Crippen LogP contribution in [0.1, 0.15) is 120 Å². The van der Waals surface area contributed by atoms with Crippen molar-refractivity contribution in [3.63, 3.8) is 0 Å². The van der Waals surface area contributed by atoms with Crippen LogP contribution in [-0.4, -0.2) is 55.6 Å². The quantitative estimate of drug-likeness (QED) is 0.0656. The second-order valence-electron chi connectivity index (χ2n) is 37.8. The van der Waals surface area contributed by atoms with Gasteiger partial charge in [0.05, 0.1) is 33.7 Å². The Morgan fingerprint density at radius 3 is 1.55 bits per heavy atom. The number of para-hydroxylation sites is 4. The van der Waals surface area contributed by atoms with Crippen molar-refractivity contribution in [3.05, 3.63) is 348 Å². The molecule has 0 unspecified atom stereocenters. The van der Waals surface area contributed by atoms with Crippen molar-refractivity contribution >= 4 is 174 Å². The Morgan fingerprint density at radius 2 is 0.969 bits per heavy atom. The van der Waals surface area contributed by atoms with E-state index in [0.717, 1.165) is 88.4 Å². The summed E-state index contributed by atoms with van der Waals surface area (Å²) in [7, 11) is 0. The molecule has 2 radical (unpaired) electrons. The first kappa shape index (κ1) is 85.4. The predicted octanol–water partition coefficient (Wildman–Crippen LogP) is 31.8. The summed E-state index contributed by atoms with van der Waals surface area (Å²) >= 11 is -0.574. The third-order valence-electron chi connectivity index (χ3n) is 24.1. The van der Waals surface area contributed by atoms with Crippen molar-refractivity contribution in [3.8, 4) is 56.7 Å². The number of aromatic nitrogens is 6. The standard InChI is InChI=1S/C43H33N2S.C35H22FN2S.C20H28GeN.C18H24GeN.2Ir/c1-25(2)35-24-28-13-6-8-15-30(28)39(26(3)4)41(35)45-37-19-10-9-18-36(37)44-43(45)34-17-11-16-33-40-32-21-20-27-12-5-7-14-29(27)31(32)22-23-38(40)46-42(33)34;1-20-16-24(36)17-21(2)33(20)38-31-13-6-5-12-30(31)37-35(38)27-11-7-10-26-29-19-28-23(18-32(29)39-34(26)27)15-14-22-8-3-4-9-25(22)28;1-15-8-10-16(11-9-15)19-12-17(13-20(2,3)4)18(14-22-19)21(5,6)7;1-14(2)11-16-12-18(15-9-7-6-8-10-15)20-13-17(16)19(3,4)5;;/h5-16,18-26H,1-4H3;3-10,12-19H,1-2H3;8-10,12,14H,13H2,1-7H3;6-9,12-14H,11H2,1-5H3;;/q4*-1;;/i;;1D3,13D2;;;. The third-order valence-corrected chi connectivity index (χ3v) is 35.0. The Bertz CT molecular complexity index is 8030. The molecule has 0 aliphatic carbocycles. The van der Waals surface area contributed by atoms with E-state index in [1.807, 2.05) is 101 Å². The average molecular weight is 2200 g/mol. The summed E-state index contributed by atoms with van der Waals surface area (Å²) in [6.07, 6.45) is 3.57. The molecule has 21 aromatic rings. The number of hydrogen-bond donors (Lipinski definition) is 0. The van der Waals surface area contributed by atoms with Gasteiger partial charge >= 0.3 is 271 Å². The molecule has 0 aliphatic heterocycles. The van der Waals surface area contributed by atoms with Crippen LogP contribution in [0.2, 0.25) is 34.5 Å². The zero-order valence-electron chi connectivity index (χ0n) is 81.0. The number of halogens is 1. The van der Waals surface area contributed by atoms with E-state index < -0.39 is 45.2 Å². The Morgan fingerprint density at radius 1 is 0.450 bits per heavy atom. The van der Waals surface area contributed by atoms with Crippen molar-refractivity contribution in [1.82, 2.24) is 29.1 Å². The fourth-order valence-electron chi connectivity index (χ4n) is 18.4. The van der Waals surface area contributed by atoms with Gasteiger partial charge in [-0.05, 0) is 183 Å². The summed E-state index contributed by atoms with van der Waals surface area (Å²) in [6, 6.07) is 106. The molecule has 129 heavy (non-hydrogen) atoms. The van der Waals surface area contributed by atoms with Crippen LogP contribution in [0.5, 0.6) is 0 Å². The molecule has 650 valence electrons. The van der Waals surface area contributed by atoms with Gasteiger partial charge in [0.15, 0.2) is 0 Å². The number of thiophene rings is 2. The van der Waals surface area contributed by atoms with Crippen LogP contribution in [0.4, 0.5) is 4.39 Å². The number of nitrogens with zero attached hydrogens (tertiary/aromatic N) is 6. The SMILES string of the molecule is CC(C)Cc1cc(-c2[c-]cccc2)nc[c]1[Ge]([CH3])([CH3])[CH3].CC(C)c1cc2ccccc2c(C(C)C)c1-n1c(-c2[c-]ccc3c2sc2ccc4c5ccccc5ccc4c23)nc2ccccc21.Cc1cc(F)cc(C)c1-n1c(-c2[c-]ccc3c2sc2cc4ccc5ccccc5c4cc23)nc2ccccc21.[2H]C([2H])([2H])c1c[c-]c(-c2cc(C([2H])([2H])C(C)(C)C)[c]([Ge]([CH3])([CH3])[CH3])cn2)cc1.[Ir].[Ir]. The number of benzene rings is 15. The maximum Gasteiger partial charge on any atom is 0 e. The predicted molar refractivity (Wildman–Crippen MR) is 551 cm³/mol. The summed E-state index contributed by atoms with van der Waals surface area (Å²) in [5.74, 6) is 16.9. The van der Waals surface area contributed by atoms with Crippen LogP contribution in [0, 0.1) is 62.1 Å². The van der Waals surface area contributed by atoms with Crippen molar-refractivity contribution < 1.29 is 51.5 Å². The molecule has 6 heterocycles. The number of imidazole rings is 2. The molecule has 6 aromatic heterocycles. The number of pyridine rings is 2. The van der Waals surface area contributed by atoms with Gasteiger partial charge in [-0.1, -0.05) is 177 Å². The van der Waals surface area contributed by atoms with Crippen molar-refractivity contribution in [2.24, 2.45) is 11.3 Å². The third kappa shape index (κ3) is 18.4. The zero-order chi connectivity index (χ0) is 92.9. The fraction of sp³-hybridized carbons (Fsp3) is 0.207. The second-order valence-corrected chi connectivity index (χ2v) is 61.1. The normalized spacial score (nSPS) is 12.8. The Hall–Kier alpha value is -10.4. The van der Waals surface area contributed by atoms with Gasteiger partial charge in [0.1, 0.15) is 5.82 Å². The molecule has 0 saturated heterocycles. The Balaban J connectivity index is 0.000000135. The zero-order valence-corrected chi connectivity index (χ0v) is 86.7. The van der Waals surface area contributed by atoms with Crippen molar-refractivity contribution in [2.75, 3.05) is 0 Å². The number of rotatable bonds is 13. The molecule has 6 nitrogen and oxygen atoms in total. The van der Waals surface area contributed by atoms with Gasteiger partial charge in [-0.2, -0.15) is 22.7 Å². The number of aryl methyl sites for hydroxylation is 3. The molecule has 13 heteroatoms. The molecule has 0 bridgehead atoms. The molecule has 0 amide bonds. The number of fused-ring (bicyclic) bond motifs is 16. The molecule has 15 aromatic carbocycles. The maximum atomic E-state index is 14.3. The number of hydrogen-bond acceptors (Lipinski definition) is 6. The van der Waals surface area contributed by atoms with E-state index in [1.54, 1.807) is 40.0 Å². The molecule has 0 fully saturated rings. The first-order valence-electron chi connectivity index (χ1n) is 46.6. The molecule has 0 N–H and O–H groups in total. The van der Waals surface area contributed by atoms with E-state index in [1.165, 1.54) is 118 Å². The van der Waals surface area contributed by atoms with Gasteiger partial charge in [-0.3, -0.25) is 9.97 Å². The fourth-order valence-corrected chi connectivity index (χ4v) is 27.1. The second kappa shape index (κ2) is 37.5. The summed E-state index contributed by atoms with van der Waals surface area (Å²) in [4.78, 5) is 19.8. The van der Waals surface area contributed by atoms with Gasteiger partial charge in [-0.15, -0.1) is 36.4 Å². The maximum absolute atomic E-state index is 14.3.